The molecule has 0 aliphatic rings. The van der Waals surface area contributed by atoms with Crippen molar-refractivity contribution in [3.05, 3.63) is 57.3 Å². The number of alkyl halides is 1. The molecule has 18 heavy (non-hydrogen) atoms. The van der Waals surface area contributed by atoms with Gasteiger partial charge in [0, 0.05) is 14.7 Å². The molecule has 0 amide bonds. The van der Waals surface area contributed by atoms with Crippen molar-refractivity contribution in [1.82, 2.24) is 0 Å². The average molecular weight is 342 g/mol. The highest BCUT2D eigenvalue weighted by atomic mass is 79.9. The van der Waals surface area contributed by atoms with E-state index < -0.39 is 0 Å². The van der Waals surface area contributed by atoms with Crippen LogP contribution in [0.2, 0.25) is 0 Å². The fraction of sp³-hybridized carbons (Fsp3) is 0.143. The standard InChI is InChI=1S/C14H10BrClOS/c1-8-5-9(6-17-8)13(16)11-7-18-14-10(11)3-2-4-12(14)15/h2-7,13H,1H3. The van der Waals surface area contributed by atoms with Crippen molar-refractivity contribution < 1.29 is 4.42 Å². The van der Waals surface area contributed by atoms with Crippen molar-refractivity contribution in [2.45, 2.75) is 12.3 Å². The second kappa shape index (κ2) is 4.72. The normalized spacial score (nSPS) is 13.1. The Kier molecular flexibility index (Phi) is 3.22. The summed E-state index contributed by atoms with van der Waals surface area (Å²) in [5, 5.41) is 3.16. The van der Waals surface area contributed by atoms with Gasteiger partial charge in [0.2, 0.25) is 0 Å². The van der Waals surface area contributed by atoms with Gasteiger partial charge in [-0.25, -0.2) is 0 Å². The maximum atomic E-state index is 6.55. The fourth-order valence-electron chi connectivity index (χ4n) is 2.01. The Morgan fingerprint density at radius 3 is 2.94 bits per heavy atom. The summed E-state index contributed by atoms with van der Waals surface area (Å²) in [6, 6.07) is 8.17. The molecule has 0 aliphatic carbocycles. The van der Waals surface area contributed by atoms with Gasteiger partial charge in [-0.2, -0.15) is 0 Å². The van der Waals surface area contributed by atoms with Crippen LogP contribution in [0.25, 0.3) is 10.1 Å². The van der Waals surface area contributed by atoms with E-state index in [9.17, 15) is 0 Å². The number of furan rings is 1. The van der Waals surface area contributed by atoms with E-state index in [2.05, 4.69) is 27.4 Å². The van der Waals surface area contributed by atoms with Crippen LogP contribution in [0, 0.1) is 6.92 Å². The van der Waals surface area contributed by atoms with Crippen LogP contribution in [0.3, 0.4) is 0 Å². The monoisotopic (exact) mass is 340 g/mol. The number of thiophene rings is 1. The van der Waals surface area contributed by atoms with E-state index in [0.29, 0.717) is 0 Å². The van der Waals surface area contributed by atoms with Gasteiger partial charge in [-0.15, -0.1) is 22.9 Å². The second-order valence-electron chi connectivity index (χ2n) is 4.16. The first kappa shape index (κ1) is 12.3. The summed E-state index contributed by atoms with van der Waals surface area (Å²) in [4.78, 5) is 0. The van der Waals surface area contributed by atoms with Gasteiger partial charge >= 0.3 is 0 Å². The maximum absolute atomic E-state index is 6.55. The summed E-state index contributed by atoms with van der Waals surface area (Å²) >= 11 is 11.8. The minimum atomic E-state index is -0.162. The number of hydrogen-bond donors (Lipinski definition) is 0. The Labute approximate surface area is 123 Å². The number of halogens is 2. The second-order valence-corrected chi connectivity index (χ2v) is 6.33. The minimum Gasteiger partial charge on any atom is -0.469 e. The quantitative estimate of drug-likeness (QED) is 0.529. The van der Waals surface area contributed by atoms with Gasteiger partial charge in [0.05, 0.1) is 11.6 Å². The number of hydrogen-bond acceptors (Lipinski definition) is 2. The van der Waals surface area contributed by atoms with Crippen LogP contribution >= 0.6 is 38.9 Å². The molecule has 0 bridgehead atoms. The first-order valence-corrected chi connectivity index (χ1v) is 7.62. The Bertz CT molecular complexity index is 701. The number of fused-ring (bicyclic) bond motifs is 1. The zero-order valence-electron chi connectivity index (χ0n) is 9.61. The van der Waals surface area contributed by atoms with Gasteiger partial charge in [0.15, 0.2) is 0 Å². The van der Waals surface area contributed by atoms with Gasteiger partial charge in [-0.05, 0) is 51.3 Å². The van der Waals surface area contributed by atoms with E-state index >= 15 is 0 Å². The van der Waals surface area contributed by atoms with Crippen molar-refractivity contribution in [2.24, 2.45) is 0 Å². The van der Waals surface area contributed by atoms with E-state index in [1.807, 2.05) is 25.1 Å². The summed E-state index contributed by atoms with van der Waals surface area (Å²) in [6.45, 7) is 1.93. The van der Waals surface area contributed by atoms with Crippen LogP contribution in [0.1, 0.15) is 22.3 Å². The molecule has 0 saturated carbocycles. The van der Waals surface area contributed by atoms with Crippen LogP contribution < -0.4 is 0 Å². The van der Waals surface area contributed by atoms with E-state index in [0.717, 1.165) is 21.4 Å². The Balaban J connectivity index is 2.12. The molecule has 3 rings (SSSR count). The SMILES string of the molecule is Cc1cc(C(Cl)c2csc3c(Br)cccc23)co1. The Morgan fingerprint density at radius 2 is 2.22 bits per heavy atom. The van der Waals surface area contributed by atoms with E-state index in [1.165, 1.54) is 10.1 Å². The van der Waals surface area contributed by atoms with E-state index in [-0.39, 0.29) is 5.38 Å². The smallest absolute Gasteiger partial charge is 0.101 e. The summed E-state index contributed by atoms with van der Waals surface area (Å²) in [6.07, 6.45) is 1.73. The summed E-state index contributed by atoms with van der Waals surface area (Å²) in [5.74, 6) is 0.886. The van der Waals surface area contributed by atoms with Gasteiger partial charge in [0.25, 0.3) is 0 Å². The molecule has 1 aromatic carbocycles. The van der Waals surface area contributed by atoms with Crippen molar-refractivity contribution in [3.8, 4) is 0 Å². The van der Waals surface area contributed by atoms with Crippen LogP contribution in [0.15, 0.2) is 44.8 Å². The maximum Gasteiger partial charge on any atom is 0.101 e. The number of aryl methyl sites for hydroxylation is 1. The molecule has 1 atom stereocenters. The molecule has 3 aromatic rings. The highest BCUT2D eigenvalue weighted by Gasteiger charge is 2.17. The molecule has 4 heteroatoms. The highest BCUT2D eigenvalue weighted by Crippen LogP contribution is 2.40. The van der Waals surface area contributed by atoms with Crippen molar-refractivity contribution in [2.75, 3.05) is 0 Å². The van der Waals surface area contributed by atoms with E-state index in [1.54, 1.807) is 17.6 Å². The third-order valence-electron chi connectivity index (χ3n) is 2.90. The fourth-order valence-corrected chi connectivity index (χ4v) is 4.03. The zero-order valence-corrected chi connectivity index (χ0v) is 12.8. The predicted octanol–water partition coefficient (Wildman–Crippen LogP) is 5.89. The van der Waals surface area contributed by atoms with Gasteiger partial charge in [0.1, 0.15) is 5.76 Å². The molecule has 1 nitrogen and oxygen atoms in total. The summed E-state index contributed by atoms with van der Waals surface area (Å²) < 4.78 is 7.68. The molecular formula is C14H10BrClOS. The van der Waals surface area contributed by atoms with Gasteiger partial charge < -0.3 is 4.42 Å². The molecule has 0 fully saturated rings. The molecule has 0 aliphatic heterocycles. The number of rotatable bonds is 2. The van der Waals surface area contributed by atoms with Crippen molar-refractivity contribution >= 4 is 49.0 Å². The lowest BCUT2D eigenvalue weighted by Crippen LogP contribution is -1.89. The third kappa shape index (κ3) is 2.00. The largest absolute Gasteiger partial charge is 0.469 e. The minimum absolute atomic E-state index is 0.162. The van der Waals surface area contributed by atoms with Crippen LogP contribution in [-0.4, -0.2) is 0 Å². The molecule has 0 saturated heterocycles. The average Bonchev–Trinajstić information content (AvgIpc) is 2.95. The Hall–Kier alpha value is -0.770. The van der Waals surface area contributed by atoms with E-state index in [4.69, 9.17) is 16.0 Å². The molecule has 0 radical (unpaired) electrons. The first-order valence-electron chi connectivity index (χ1n) is 5.51. The van der Waals surface area contributed by atoms with Crippen LogP contribution in [0.5, 0.6) is 0 Å². The lowest BCUT2D eigenvalue weighted by molar-refractivity contribution is 0.532. The molecule has 1 unspecified atom stereocenters. The third-order valence-corrected chi connectivity index (χ3v) is 5.36. The lowest BCUT2D eigenvalue weighted by atomic mass is 10.1. The topological polar surface area (TPSA) is 13.1 Å². The molecule has 2 aromatic heterocycles. The number of benzene rings is 1. The van der Waals surface area contributed by atoms with Crippen molar-refractivity contribution in [1.29, 1.82) is 0 Å². The highest BCUT2D eigenvalue weighted by molar-refractivity contribution is 9.10. The first-order chi connectivity index (χ1) is 8.66. The summed E-state index contributed by atoms with van der Waals surface area (Å²) in [5.41, 5.74) is 2.15. The molecular weight excluding hydrogens is 332 g/mol. The molecule has 0 N–H and O–H groups in total. The van der Waals surface area contributed by atoms with Gasteiger partial charge in [-0.1, -0.05) is 12.1 Å². The lowest BCUT2D eigenvalue weighted by Gasteiger charge is -2.05. The molecule has 92 valence electrons. The Morgan fingerprint density at radius 1 is 1.39 bits per heavy atom. The van der Waals surface area contributed by atoms with Crippen LogP contribution in [0.4, 0.5) is 0 Å². The summed E-state index contributed by atoms with van der Waals surface area (Å²) in [7, 11) is 0. The molecule has 0 spiro atoms. The van der Waals surface area contributed by atoms with Crippen LogP contribution in [-0.2, 0) is 0 Å². The predicted molar refractivity (Wildman–Crippen MR) is 80.7 cm³/mol. The van der Waals surface area contributed by atoms with Gasteiger partial charge in [-0.3, -0.25) is 0 Å². The molecule has 2 heterocycles. The zero-order chi connectivity index (χ0) is 12.7. The van der Waals surface area contributed by atoms with Crippen molar-refractivity contribution in [3.63, 3.8) is 0 Å².